The number of likely N-dealkylation sites (tertiary alicyclic amines) is 1. The molecule has 0 bridgehead atoms. The number of aromatic nitrogens is 2. The van der Waals surface area contributed by atoms with Gasteiger partial charge >= 0.3 is 0 Å². The SMILES string of the molecule is C=CNc1ccc(Cn2ccc3cc(C4CCN(Cc5ccccc5)CC4)cnc32)cc1. The van der Waals surface area contributed by atoms with Crippen LogP contribution in [-0.2, 0) is 13.1 Å². The second-order valence-electron chi connectivity index (χ2n) is 8.71. The lowest BCUT2D eigenvalue weighted by Gasteiger charge is -2.32. The second kappa shape index (κ2) is 9.41. The Bertz CT molecular complexity index is 1170. The molecule has 2 aromatic carbocycles. The van der Waals surface area contributed by atoms with Crippen LogP contribution in [0.2, 0.25) is 0 Å². The van der Waals surface area contributed by atoms with E-state index in [2.05, 4.69) is 100 Å². The third kappa shape index (κ3) is 4.61. The van der Waals surface area contributed by atoms with Crippen LogP contribution in [0.3, 0.4) is 0 Å². The highest BCUT2D eigenvalue weighted by Crippen LogP contribution is 2.30. The van der Waals surface area contributed by atoms with Crippen molar-refractivity contribution >= 4 is 16.7 Å². The number of benzene rings is 2. The Morgan fingerprint density at radius 3 is 2.44 bits per heavy atom. The minimum atomic E-state index is 0.604. The van der Waals surface area contributed by atoms with Crippen LogP contribution in [0.25, 0.3) is 11.0 Å². The van der Waals surface area contributed by atoms with Crippen molar-refractivity contribution in [1.29, 1.82) is 0 Å². The summed E-state index contributed by atoms with van der Waals surface area (Å²) in [5.74, 6) is 0.604. The van der Waals surface area contributed by atoms with Gasteiger partial charge in [-0.1, -0.05) is 49.0 Å². The Morgan fingerprint density at radius 2 is 1.69 bits per heavy atom. The standard InChI is InChI=1S/C28H30N4/c1-2-29-27-10-8-23(9-11-27)21-32-17-14-25-18-26(19-30-28(25)32)24-12-15-31(16-13-24)20-22-6-4-3-5-7-22/h2-11,14,17-19,24,29H,1,12-13,15-16,20-21H2. The quantitative estimate of drug-likeness (QED) is 0.395. The lowest BCUT2D eigenvalue weighted by atomic mass is 9.90. The summed E-state index contributed by atoms with van der Waals surface area (Å²) in [4.78, 5) is 7.44. The number of piperidine rings is 1. The molecule has 1 N–H and O–H groups in total. The zero-order chi connectivity index (χ0) is 21.8. The first-order chi connectivity index (χ1) is 15.8. The maximum atomic E-state index is 4.87. The Balaban J connectivity index is 1.23. The Morgan fingerprint density at radius 1 is 0.938 bits per heavy atom. The van der Waals surface area contributed by atoms with Crippen molar-refractivity contribution in [3.05, 3.63) is 109 Å². The van der Waals surface area contributed by atoms with Crippen molar-refractivity contribution in [2.24, 2.45) is 0 Å². The van der Waals surface area contributed by atoms with E-state index in [1.54, 1.807) is 6.20 Å². The van der Waals surface area contributed by atoms with Gasteiger partial charge in [0.05, 0.1) is 0 Å². The van der Waals surface area contributed by atoms with E-state index in [0.717, 1.165) is 37.5 Å². The normalized spacial score (nSPS) is 15.1. The molecule has 2 aromatic heterocycles. The van der Waals surface area contributed by atoms with Gasteiger partial charge in [0.15, 0.2) is 0 Å². The molecule has 4 nitrogen and oxygen atoms in total. The largest absolute Gasteiger partial charge is 0.362 e. The maximum absolute atomic E-state index is 4.87. The monoisotopic (exact) mass is 422 g/mol. The fraction of sp³-hybridized carbons (Fsp3) is 0.250. The van der Waals surface area contributed by atoms with Crippen LogP contribution in [-0.4, -0.2) is 27.5 Å². The molecule has 1 saturated heterocycles. The smallest absolute Gasteiger partial charge is 0.140 e. The van der Waals surface area contributed by atoms with E-state index in [1.807, 2.05) is 0 Å². The second-order valence-corrected chi connectivity index (χ2v) is 8.71. The number of nitrogens with zero attached hydrogens (tertiary/aromatic N) is 3. The van der Waals surface area contributed by atoms with E-state index in [1.165, 1.54) is 34.9 Å². The van der Waals surface area contributed by atoms with Gasteiger partial charge in [0.25, 0.3) is 0 Å². The summed E-state index contributed by atoms with van der Waals surface area (Å²) in [6.45, 7) is 7.88. The first-order valence-electron chi connectivity index (χ1n) is 11.5. The number of anilines is 1. The third-order valence-corrected chi connectivity index (χ3v) is 6.51. The zero-order valence-electron chi connectivity index (χ0n) is 18.5. The van der Waals surface area contributed by atoms with Crippen molar-refractivity contribution in [3.63, 3.8) is 0 Å². The van der Waals surface area contributed by atoms with Gasteiger partial charge in [-0.15, -0.1) is 0 Å². The van der Waals surface area contributed by atoms with Crippen LogP contribution in [0.15, 0.2) is 91.9 Å². The average molecular weight is 423 g/mol. The summed E-state index contributed by atoms with van der Waals surface area (Å²) in [5.41, 5.74) is 6.16. The number of nitrogens with one attached hydrogen (secondary N) is 1. The predicted octanol–water partition coefficient (Wildman–Crippen LogP) is 6.02. The van der Waals surface area contributed by atoms with E-state index in [9.17, 15) is 0 Å². The van der Waals surface area contributed by atoms with Crippen LogP contribution in [0.1, 0.15) is 35.4 Å². The summed E-state index contributed by atoms with van der Waals surface area (Å²) in [6.07, 6.45) is 8.36. The molecule has 0 atom stereocenters. The highest BCUT2D eigenvalue weighted by Gasteiger charge is 2.21. The maximum Gasteiger partial charge on any atom is 0.140 e. The van der Waals surface area contributed by atoms with E-state index in [4.69, 9.17) is 4.98 Å². The predicted molar refractivity (Wildman–Crippen MR) is 133 cm³/mol. The summed E-state index contributed by atoms with van der Waals surface area (Å²) < 4.78 is 2.23. The van der Waals surface area contributed by atoms with Gasteiger partial charge in [0, 0.05) is 36.6 Å². The molecule has 0 spiro atoms. The summed E-state index contributed by atoms with van der Waals surface area (Å²) >= 11 is 0. The highest BCUT2D eigenvalue weighted by atomic mass is 15.1. The Labute approximate surface area is 190 Å². The molecule has 1 aliphatic rings. The molecule has 4 heteroatoms. The van der Waals surface area contributed by atoms with Crippen molar-refractivity contribution in [2.45, 2.75) is 31.8 Å². The number of hydrogen-bond acceptors (Lipinski definition) is 3. The minimum absolute atomic E-state index is 0.604. The molecule has 162 valence electrons. The average Bonchev–Trinajstić information content (AvgIpc) is 3.24. The Hall–Kier alpha value is -3.37. The lowest BCUT2D eigenvalue weighted by molar-refractivity contribution is 0.204. The Kier molecular flexibility index (Phi) is 6.04. The van der Waals surface area contributed by atoms with Crippen LogP contribution in [0, 0.1) is 0 Å². The molecule has 3 heterocycles. The molecule has 0 aliphatic carbocycles. The van der Waals surface area contributed by atoms with Crippen LogP contribution in [0.4, 0.5) is 5.69 Å². The zero-order valence-corrected chi connectivity index (χ0v) is 18.5. The number of hydrogen-bond donors (Lipinski definition) is 1. The molecule has 0 unspecified atom stereocenters. The molecule has 1 aliphatic heterocycles. The molecular weight excluding hydrogens is 392 g/mol. The molecule has 4 aromatic rings. The molecule has 0 amide bonds. The van der Waals surface area contributed by atoms with Crippen LogP contribution >= 0.6 is 0 Å². The van der Waals surface area contributed by atoms with E-state index < -0.39 is 0 Å². The molecule has 0 saturated carbocycles. The van der Waals surface area contributed by atoms with E-state index in [-0.39, 0.29) is 0 Å². The third-order valence-electron chi connectivity index (χ3n) is 6.51. The van der Waals surface area contributed by atoms with Crippen LogP contribution < -0.4 is 5.32 Å². The van der Waals surface area contributed by atoms with E-state index >= 15 is 0 Å². The van der Waals surface area contributed by atoms with Crippen molar-refractivity contribution < 1.29 is 0 Å². The van der Waals surface area contributed by atoms with Gasteiger partial charge in [0.1, 0.15) is 5.65 Å². The van der Waals surface area contributed by atoms with Gasteiger partial charge in [-0.25, -0.2) is 4.98 Å². The fourth-order valence-electron chi connectivity index (χ4n) is 4.73. The number of fused-ring (bicyclic) bond motifs is 1. The van der Waals surface area contributed by atoms with Gasteiger partial charge < -0.3 is 9.88 Å². The first-order valence-corrected chi connectivity index (χ1v) is 11.5. The van der Waals surface area contributed by atoms with E-state index in [0.29, 0.717) is 5.92 Å². The van der Waals surface area contributed by atoms with Crippen LogP contribution in [0.5, 0.6) is 0 Å². The van der Waals surface area contributed by atoms with Gasteiger partial charge in [-0.05, 0) is 79.0 Å². The molecular formula is C28H30N4. The topological polar surface area (TPSA) is 33.1 Å². The molecule has 0 radical (unpaired) electrons. The summed E-state index contributed by atoms with van der Waals surface area (Å²) in [6, 6.07) is 23.8. The summed E-state index contributed by atoms with van der Waals surface area (Å²) in [7, 11) is 0. The van der Waals surface area contributed by atoms with Gasteiger partial charge in [0.2, 0.25) is 0 Å². The molecule has 32 heavy (non-hydrogen) atoms. The van der Waals surface area contributed by atoms with Gasteiger partial charge in [-0.2, -0.15) is 0 Å². The number of pyridine rings is 1. The fourth-order valence-corrected chi connectivity index (χ4v) is 4.73. The highest BCUT2D eigenvalue weighted by molar-refractivity contribution is 5.77. The lowest BCUT2D eigenvalue weighted by Crippen LogP contribution is -2.32. The molecule has 5 rings (SSSR count). The summed E-state index contributed by atoms with van der Waals surface area (Å²) in [5, 5.41) is 4.35. The first kappa shape index (κ1) is 20.5. The van der Waals surface area contributed by atoms with Crippen molar-refractivity contribution in [2.75, 3.05) is 18.4 Å². The minimum Gasteiger partial charge on any atom is -0.362 e. The molecule has 1 fully saturated rings. The van der Waals surface area contributed by atoms with Crippen molar-refractivity contribution in [1.82, 2.24) is 14.5 Å². The van der Waals surface area contributed by atoms with Gasteiger partial charge in [-0.3, -0.25) is 4.90 Å². The van der Waals surface area contributed by atoms with Crippen molar-refractivity contribution in [3.8, 4) is 0 Å². The number of rotatable bonds is 7.